The summed E-state index contributed by atoms with van der Waals surface area (Å²) in [5.74, 6) is 0.223. The molecular weight excluding hydrogens is 710 g/mol. The molecule has 5 aliphatic heterocycles. The number of phenols is 1. The van der Waals surface area contributed by atoms with Crippen molar-refractivity contribution in [1.82, 2.24) is 15.1 Å². The van der Waals surface area contributed by atoms with Gasteiger partial charge in [-0.25, -0.2) is 4.39 Å². The van der Waals surface area contributed by atoms with E-state index < -0.39 is 6.04 Å². The average Bonchev–Trinajstić information content (AvgIpc) is 3.52. The van der Waals surface area contributed by atoms with Gasteiger partial charge in [0.05, 0.1) is 12.3 Å². The molecule has 2 N–H and O–H groups in total. The zero-order valence-corrected chi connectivity index (χ0v) is 31.8. The molecule has 0 aromatic heterocycles. The molecule has 3 fully saturated rings. The highest BCUT2D eigenvalue weighted by Gasteiger charge is 2.40. The number of rotatable bonds is 7. The molecule has 56 heavy (non-hydrogen) atoms. The van der Waals surface area contributed by atoms with Crippen molar-refractivity contribution in [2.45, 2.75) is 57.0 Å². The highest BCUT2D eigenvalue weighted by molar-refractivity contribution is 6.05. The van der Waals surface area contributed by atoms with Crippen LogP contribution in [0.2, 0.25) is 0 Å². The van der Waals surface area contributed by atoms with Gasteiger partial charge in [0.15, 0.2) is 0 Å². The maximum absolute atomic E-state index is 16.1. The molecular formula is C45H48FN5O5. The number of amides is 3. The number of phenolic OH excluding ortho intramolecular Hbond substituents is 1. The van der Waals surface area contributed by atoms with Crippen LogP contribution in [0.1, 0.15) is 75.7 Å². The molecule has 5 heterocycles. The van der Waals surface area contributed by atoms with E-state index in [1.165, 1.54) is 5.56 Å². The summed E-state index contributed by atoms with van der Waals surface area (Å²) in [5.41, 5.74) is 7.50. The zero-order valence-electron chi connectivity index (χ0n) is 31.8. The second-order valence-electron chi connectivity index (χ2n) is 16.2. The number of anilines is 2. The number of carbonyl (C=O) groups is 3. The number of imide groups is 1. The number of aromatic hydroxyl groups is 1. The lowest BCUT2D eigenvalue weighted by Crippen LogP contribution is -2.52. The number of hydrogen-bond donors (Lipinski definition) is 2. The summed E-state index contributed by atoms with van der Waals surface area (Å²) in [6.45, 7) is 9.25. The van der Waals surface area contributed by atoms with Crippen LogP contribution >= 0.6 is 0 Å². The number of carbonyl (C=O) groups excluding carboxylic acids is 3. The van der Waals surface area contributed by atoms with Crippen LogP contribution in [0.3, 0.4) is 0 Å². The normalized spacial score (nSPS) is 23.1. The molecule has 4 aromatic carbocycles. The molecule has 0 aliphatic carbocycles. The zero-order chi connectivity index (χ0) is 38.5. The number of benzene rings is 4. The minimum Gasteiger partial charge on any atom is -0.508 e. The predicted octanol–water partition coefficient (Wildman–Crippen LogP) is 5.95. The van der Waals surface area contributed by atoms with Gasteiger partial charge in [-0.05, 0) is 85.2 Å². The molecule has 4 aromatic rings. The Bertz CT molecular complexity index is 2180. The van der Waals surface area contributed by atoms with E-state index in [0.29, 0.717) is 42.5 Å². The van der Waals surface area contributed by atoms with E-state index in [1.54, 1.807) is 23.1 Å². The molecule has 0 radical (unpaired) electrons. The number of nitrogens with one attached hydrogen (secondary N) is 1. The summed E-state index contributed by atoms with van der Waals surface area (Å²) in [5, 5.41) is 12.5. The second kappa shape index (κ2) is 14.9. The lowest BCUT2D eigenvalue weighted by Gasteiger charge is -2.40. The maximum atomic E-state index is 16.1. The summed E-state index contributed by atoms with van der Waals surface area (Å²) >= 11 is 0. The van der Waals surface area contributed by atoms with Crippen LogP contribution in [0.4, 0.5) is 15.8 Å². The van der Waals surface area contributed by atoms with Gasteiger partial charge in [0.25, 0.3) is 5.91 Å². The number of piperidine rings is 2. The standard InChI is InChI=1S/C45H48FN5O5/c1-28-3-2-4-30(21-28)37-27-56-41-24-34(52)7-9-36(41)43(37)31-5-10-39(38(46)23-31)50-15-13-29(14-16-50)25-48-17-19-49(20-18-48)33-6-8-35-32(22-33)26-51(45(35)55)40-11-12-42(53)47-44(40)54/h2-10,21-24,29,37,40,43,52H,11-20,25-27H2,1H3,(H,47,53,54)/t37-,40-,43-/m0/s1. The Hall–Kier alpha value is -5.42. The first-order valence-corrected chi connectivity index (χ1v) is 20.0. The Balaban J connectivity index is 0.799. The monoisotopic (exact) mass is 757 g/mol. The number of ether oxygens (including phenoxy) is 1. The molecule has 10 nitrogen and oxygen atoms in total. The Morgan fingerprint density at radius 3 is 2.43 bits per heavy atom. The third-order valence-corrected chi connectivity index (χ3v) is 12.7. The number of halogens is 1. The lowest BCUT2D eigenvalue weighted by molar-refractivity contribution is -0.136. The number of hydrogen-bond acceptors (Lipinski definition) is 8. The maximum Gasteiger partial charge on any atom is 0.255 e. The molecule has 0 bridgehead atoms. The first kappa shape index (κ1) is 36.2. The van der Waals surface area contributed by atoms with E-state index in [9.17, 15) is 19.5 Å². The van der Waals surface area contributed by atoms with Gasteiger partial charge in [0.1, 0.15) is 23.4 Å². The second-order valence-corrected chi connectivity index (χ2v) is 16.2. The smallest absolute Gasteiger partial charge is 0.255 e. The van der Waals surface area contributed by atoms with Crippen LogP contribution in [0.15, 0.2) is 78.9 Å². The van der Waals surface area contributed by atoms with E-state index in [-0.39, 0.29) is 47.5 Å². The molecule has 3 saturated heterocycles. The van der Waals surface area contributed by atoms with Crippen molar-refractivity contribution in [1.29, 1.82) is 0 Å². The van der Waals surface area contributed by atoms with Crippen molar-refractivity contribution in [3.63, 3.8) is 0 Å². The Morgan fingerprint density at radius 2 is 1.66 bits per heavy atom. The van der Waals surface area contributed by atoms with E-state index >= 15 is 4.39 Å². The molecule has 0 spiro atoms. The van der Waals surface area contributed by atoms with Crippen molar-refractivity contribution in [3.8, 4) is 11.5 Å². The number of piperazine rings is 1. The van der Waals surface area contributed by atoms with Crippen LogP contribution in [0.5, 0.6) is 11.5 Å². The SMILES string of the molecule is Cc1cccc([C@@H]2COc3cc(O)ccc3[C@@H]2c2ccc(N3CCC(CN4CCN(c5ccc6c(c5)CN([C@H]5CCC(=O)NC5=O)C6=O)CC4)CC3)c(F)c2)c1. The van der Waals surface area contributed by atoms with Crippen molar-refractivity contribution >= 4 is 29.1 Å². The van der Waals surface area contributed by atoms with Gasteiger partial charge in [0.2, 0.25) is 11.8 Å². The van der Waals surface area contributed by atoms with Gasteiger partial charge in [-0.3, -0.25) is 24.6 Å². The average molecular weight is 758 g/mol. The fourth-order valence-corrected chi connectivity index (χ4v) is 9.64. The number of nitrogens with zero attached hydrogens (tertiary/aromatic N) is 4. The quantitative estimate of drug-likeness (QED) is 0.223. The predicted molar refractivity (Wildman–Crippen MR) is 212 cm³/mol. The van der Waals surface area contributed by atoms with Crippen molar-refractivity contribution in [2.24, 2.45) is 5.92 Å². The van der Waals surface area contributed by atoms with Crippen molar-refractivity contribution < 1.29 is 28.6 Å². The van der Waals surface area contributed by atoms with Gasteiger partial charge in [-0.15, -0.1) is 0 Å². The van der Waals surface area contributed by atoms with E-state index in [2.05, 4.69) is 63.3 Å². The van der Waals surface area contributed by atoms with Gasteiger partial charge in [-0.2, -0.15) is 0 Å². The molecule has 0 unspecified atom stereocenters. The molecule has 290 valence electrons. The number of aryl methyl sites for hydroxylation is 1. The Morgan fingerprint density at radius 1 is 0.839 bits per heavy atom. The van der Waals surface area contributed by atoms with E-state index in [1.807, 2.05) is 24.3 Å². The summed E-state index contributed by atoms with van der Waals surface area (Å²) in [6, 6.07) is 24.8. The molecule has 3 amide bonds. The fourth-order valence-electron chi connectivity index (χ4n) is 9.64. The first-order valence-electron chi connectivity index (χ1n) is 20.0. The highest BCUT2D eigenvalue weighted by atomic mass is 19.1. The van der Waals surface area contributed by atoms with Gasteiger partial charge in [0, 0.05) is 93.5 Å². The van der Waals surface area contributed by atoms with Crippen LogP contribution in [-0.2, 0) is 16.1 Å². The van der Waals surface area contributed by atoms with Crippen molar-refractivity contribution in [3.05, 3.63) is 118 Å². The number of fused-ring (bicyclic) bond motifs is 2. The Labute approximate surface area is 326 Å². The van der Waals surface area contributed by atoms with E-state index in [0.717, 1.165) is 86.6 Å². The fraction of sp³-hybridized carbons (Fsp3) is 0.400. The van der Waals surface area contributed by atoms with Crippen molar-refractivity contribution in [2.75, 3.05) is 62.2 Å². The topological polar surface area (TPSA) is 106 Å². The molecule has 5 aliphatic rings. The molecule has 0 saturated carbocycles. The van der Waals surface area contributed by atoms with Crippen LogP contribution < -0.4 is 19.9 Å². The van der Waals surface area contributed by atoms with Gasteiger partial charge < -0.3 is 24.5 Å². The van der Waals surface area contributed by atoms with Gasteiger partial charge >= 0.3 is 0 Å². The van der Waals surface area contributed by atoms with Crippen LogP contribution in [0.25, 0.3) is 0 Å². The first-order chi connectivity index (χ1) is 27.2. The molecule has 3 atom stereocenters. The summed E-state index contributed by atoms with van der Waals surface area (Å²) < 4.78 is 22.3. The molecule has 11 heteroatoms. The third kappa shape index (κ3) is 6.97. The Kier molecular flexibility index (Phi) is 9.65. The van der Waals surface area contributed by atoms with Crippen LogP contribution in [0, 0.1) is 18.7 Å². The summed E-state index contributed by atoms with van der Waals surface area (Å²) in [7, 11) is 0. The largest absolute Gasteiger partial charge is 0.508 e. The minimum atomic E-state index is -0.609. The third-order valence-electron chi connectivity index (χ3n) is 12.7. The summed E-state index contributed by atoms with van der Waals surface area (Å²) in [4.78, 5) is 46.0. The van der Waals surface area contributed by atoms with E-state index in [4.69, 9.17) is 4.74 Å². The summed E-state index contributed by atoms with van der Waals surface area (Å²) in [6.07, 6.45) is 2.62. The van der Waals surface area contributed by atoms with Gasteiger partial charge in [-0.1, -0.05) is 42.0 Å². The highest BCUT2D eigenvalue weighted by Crippen LogP contribution is 2.47. The molecule has 9 rings (SSSR count). The lowest BCUT2D eigenvalue weighted by atomic mass is 9.75. The minimum absolute atomic E-state index is 0.00621. The van der Waals surface area contributed by atoms with Crippen LogP contribution in [-0.4, -0.2) is 91.1 Å².